The van der Waals surface area contributed by atoms with Crippen LogP contribution in [0.1, 0.15) is 56.3 Å². The van der Waals surface area contributed by atoms with Crippen molar-refractivity contribution in [1.82, 2.24) is 15.3 Å². The first-order valence-corrected chi connectivity index (χ1v) is 7.47. The van der Waals surface area contributed by atoms with E-state index >= 15 is 0 Å². The van der Waals surface area contributed by atoms with Gasteiger partial charge in [0.1, 0.15) is 0 Å². The normalized spacial score (nSPS) is 13.2. The summed E-state index contributed by atoms with van der Waals surface area (Å²) in [5.74, 6) is 0. The van der Waals surface area contributed by atoms with Crippen molar-refractivity contribution in [1.29, 1.82) is 0 Å². The van der Waals surface area contributed by atoms with Gasteiger partial charge >= 0.3 is 0 Å². The van der Waals surface area contributed by atoms with Crippen LogP contribution in [0.2, 0.25) is 0 Å². The molecule has 0 radical (unpaired) electrons. The van der Waals surface area contributed by atoms with Crippen molar-refractivity contribution < 1.29 is 0 Å². The minimum Gasteiger partial charge on any atom is -0.305 e. The van der Waals surface area contributed by atoms with Gasteiger partial charge < -0.3 is 5.32 Å². The lowest BCUT2D eigenvalue weighted by atomic mass is 9.86. The first-order valence-electron chi connectivity index (χ1n) is 7.47. The molecule has 1 heterocycles. The highest BCUT2D eigenvalue weighted by atomic mass is 14.9. The SMILES string of the molecule is Cc1cnc(CNC(C)c2ccc(C(C)(C)C)cc2)cn1. The van der Waals surface area contributed by atoms with E-state index in [1.165, 1.54) is 11.1 Å². The molecule has 0 aliphatic carbocycles. The standard InChI is InChI=1S/C18H25N3/c1-13-10-21-17(11-19-13)12-20-14(2)15-6-8-16(9-7-15)18(3,4)5/h6-11,14,20H,12H2,1-5H3. The van der Waals surface area contributed by atoms with Crippen LogP contribution in [0.3, 0.4) is 0 Å². The lowest BCUT2D eigenvalue weighted by Crippen LogP contribution is -2.19. The number of nitrogens with one attached hydrogen (secondary N) is 1. The molecule has 3 nitrogen and oxygen atoms in total. The third-order valence-corrected chi connectivity index (χ3v) is 3.70. The number of hydrogen-bond acceptors (Lipinski definition) is 3. The van der Waals surface area contributed by atoms with Gasteiger partial charge in [0.05, 0.1) is 11.4 Å². The molecular formula is C18H25N3. The predicted molar refractivity (Wildman–Crippen MR) is 87.2 cm³/mol. The molecule has 0 spiro atoms. The Morgan fingerprint density at radius 1 is 1.05 bits per heavy atom. The summed E-state index contributed by atoms with van der Waals surface area (Å²) in [7, 11) is 0. The van der Waals surface area contributed by atoms with Gasteiger partial charge in [-0.1, -0.05) is 45.0 Å². The minimum atomic E-state index is 0.201. The van der Waals surface area contributed by atoms with Crippen molar-refractivity contribution in [2.24, 2.45) is 0 Å². The number of aryl methyl sites for hydroxylation is 1. The zero-order valence-electron chi connectivity index (χ0n) is 13.6. The van der Waals surface area contributed by atoms with Crippen LogP contribution in [0.4, 0.5) is 0 Å². The average molecular weight is 283 g/mol. The largest absolute Gasteiger partial charge is 0.305 e. The highest BCUT2D eigenvalue weighted by molar-refractivity contribution is 5.29. The first-order chi connectivity index (χ1) is 9.86. The van der Waals surface area contributed by atoms with Gasteiger partial charge in [0, 0.05) is 25.0 Å². The molecule has 3 heteroatoms. The Labute approximate surface area is 127 Å². The number of aromatic nitrogens is 2. The fourth-order valence-electron chi connectivity index (χ4n) is 2.16. The molecule has 0 saturated carbocycles. The van der Waals surface area contributed by atoms with Crippen LogP contribution in [0.15, 0.2) is 36.7 Å². The van der Waals surface area contributed by atoms with E-state index in [9.17, 15) is 0 Å². The Bertz CT molecular complexity index is 565. The Morgan fingerprint density at radius 3 is 2.24 bits per heavy atom. The Kier molecular flexibility index (Phi) is 4.73. The van der Waals surface area contributed by atoms with Crippen molar-refractivity contribution in [3.63, 3.8) is 0 Å². The quantitative estimate of drug-likeness (QED) is 0.923. The van der Waals surface area contributed by atoms with E-state index in [1.54, 1.807) is 6.20 Å². The maximum absolute atomic E-state index is 4.37. The van der Waals surface area contributed by atoms with E-state index in [0.29, 0.717) is 6.04 Å². The second-order valence-corrected chi connectivity index (χ2v) is 6.62. The van der Waals surface area contributed by atoms with Gasteiger partial charge in [0.2, 0.25) is 0 Å². The van der Waals surface area contributed by atoms with Crippen LogP contribution in [0, 0.1) is 6.92 Å². The molecule has 1 atom stereocenters. The van der Waals surface area contributed by atoms with Gasteiger partial charge in [-0.15, -0.1) is 0 Å². The Morgan fingerprint density at radius 2 is 1.71 bits per heavy atom. The van der Waals surface area contributed by atoms with Crippen molar-refractivity contribution in [3.8, 4) is 0 Å². The summed E-state index contributed by atoms with van der Waals surface area (Å²) in [6.07, 6.45) is 3.64. The molecule has 0 saturated heterocycles. The maximum Gasteiger partial charge on any atom is 0.0724 e. The zero-order chi connectivity index (χ0) is 15.5. The summed E-state index contributed by atoms with van der Waals surface area (Å²) in [6.45, 7) is 11.6. The van der Waals surface area contributed by atoms with Crippen LogP contribution in [0.5, 0.6) is 0 Å². The second-order valence-electron chi connectivity index (χ2n) is 6.62. The van der Waals surface area contributed by atoms with Crippen LogP contribution in [0.25, 0.3) is 0 Å². The van der Waals surface area contributed by atoms with Crippen molar-refractivity contribution >= 4 is 0 Å². The molecule has 2 aromatic rings. The summed E-state index contributed by atoms with van der Waals surface area (Å²) in [5.41, 5.74) is 4.78. The molecular weight excluding hydrogens is 258 g/mol. The molecule has 2 rings (SSSR count). The number of hydrogen-bond donors (Lipinski definition) is 1. The van der Waals surface area contributed by atoms with E-state index < -0.39 is 0 Å². The third kappa shape index (κ3) is 4.36. The maximum atomic E-state index is 4.37. The summed E-state index contributed by atoms with van der Waals surface area (Å²) in [4.78, 5) is 8.63. The van der Waals surface area contributed by atoms with Crippen LogP contribution in [-0.4, -0.2) is 9.97 Å². The molecule has 1 N–H and O–H groups in total. The Balaban J connectivity index is 1.97. The molecule has 0 fully saturated rings. The molecule has 21 heavy (non-hydrogen) atoms. The first kappa shape index (κ1) is 15.6. The molecule has 1 unspecified atom stereocenters. The molecule has 1 aromatic carbocycles. The number of benzene rings is 1. The van der Waals surface area contributed by atoms with Crippen LogP contribution >= 0.6 is 0 Å². The predicted octanol–water partition coefficient (Wildman–Crippen LogP) is 3.93. The lowest BCUT2D eigenvalue weighted by Gasteiger charge is -2.20. The summed E-state index contributed by atoms with van der Waals surface area (Å²) < 4.78 is 0. The molecule has 112 valence electrons. The third-order valence-electron chi connectivity index (χ3n) is 3.70. The van der Waals surface area contributed by atoms with Crippen LogP contribution < -0.4 is 5.32 Å². The van der Waals surface area contributed by atoms with Crippen molar-refractivity contribution in [3.05, 3.63) is 59.2 Å². The molecule has 0 aliphatic heterocycles. The highest BCUT2D eigenvalue weighted by Crippen LogP contribution is 2.23. The topological polar surface area (TPSA) is 37.8 Å². The molecule has 0 amide bonds. The second kappa shape index (κ2) is 6.35. The van der Waals surface area contributed by atoms with Gasteiger partial charge in [-0.05, 0) is 30.4 Å². The molecule has 1 aromatic heterocycles. The highest BCUT2D eigenvalue weighted by Gasteiger charge is 2.14. The van der Waals surface area contributed by atoms with E-state index in [0.717, 1.165) is 17.9 Å². The zero-order valence-corrected chi connectivity index (χ0v) is 13.6. The number of nitrogens with zero attached hydrogens (tertiary/aromatic N) is 2. The summed E-state index contributed by atoms with van der Waals surface area (Å²) in [5, 5.41) is 3.49. The molecule has 0 aliphatic rings. The molecule has 0 bridgehead atoms. The number of rotatable bonds is 4. The van der Waals surface area contributed by atoms with Gasteiger partial charge in [-0.2, -0.15) is 0 Å². The van der Waals surface area contributed by atoms with E-state index in [-0.39, 0.29) is 5.41 Å². The monoisotopic (exact) mass is 283 g/mol. The Hall–Kier alpha value is -1.74. The van der Waals surface area contributed by atoms with Gasteiger partial charge in [-0.3, -0.25) is 9.97 Å². The summed E-state index contributed by atoms with van der Waals surface area (Å²) in [6, 6.07) is 9.15. The minimum absolute atomic E-state index is 0.201. The van der Waals surface area contributed by atoms with E-state index in [1.807, 2.05) is 13.1 Å². The van der Waals surface area contributed by atoms with E-state index in [2.05, 4.69) is 67.2 Å². The average Bonchev–Trinajstić information content (AvgIpc) is 2.45. The van der Waals surface area contributed by atoms with Gasteiger partial charge in [-0.25, -0.2) is 0 Å². The van der Waals surface area contributed by atoms with Gasteiger partial charge in [0.25, 0.3) is 0 Å². The fourth-order valence-corrected chi connectivity index (χ4v) is 2.16. The fraction of sp³-hybridized carbons (Fsp3) is 0.444. The smallest absolute Gasteiger partial charge is 0.0724 e. The summed E-state index contributed by atoms with van der Waals surface area (Å²) >= 11 is 0. The lowest BCUT2D eigenvalue weighted by molar-refractivity contribution is 0.562. The van der Waals surface area contributed by atoms with Crippen LogP contribution in [-0.2, 0) is 12.0 Å². The van der Waals surface area contributed by atoms with Crippen molar-refractivity contribution in [2.75, 3.05) is 0 Å². The van der Waals surface area contributed by atoms with E-state index in [4.69, 9.17) is 0 Å². The van der Waals surface area contributed by atoms with Gasteiger partial charge in [0.15, 0.2) is 0 Å². The van der Waals surface area contributed by atoms with Crippen molar-refractivity contribution in [2.45, 2.75) is 52.6 Å².